The molecule has 0 spiro atoms. The predicted molar refractivity (Wildman–Crippen MR) is 100 cm³/mol. The lowest BCUT2D eigenvalue weighted by Crippen LogP contribution is -2.15. The molecule has 28 heavy (non-hydrogen) atoms. The smallest absolute Gasteiger partial charge is 0.307 e. The minimum Gasteiger partial charge on any atom is -0.481 e. The second-order valence-corrected chi connectivity index (χ2v) is 10.1. The number of rotatable bonds is 5. The van der Waals surface area contributed by atoms with Gasteiger partial charge in [-0.05, 0) is 48.9 Å². The summed E-state index contributed by atoms with van der Waals surface area (Å²) in [7, 11) is -7.91. The zero-order valence-corrected chi connectivity index (χ0v) is 16.5. The maximum atomic E-state index is 13.7. The van der Waals surface area contributed by atoms with Gasteiger partial charge >= 0.3 is 5.97 Å². The molecule has 148 valence electrons. The number of hydrogen-bond acceptors (Lipinski definition) is 5. The summed E-state index contributed by atoms with van der Waals surface area (Å²) in [5.41, 5.74) is 0.400. The molecule has 0 amide bonds. The van der Waals surface area contributed by atoms with Crippen LogP contribution in [0.4, 0.5) is 4.39 Å². The van der Waals surface area contributed by atoms with E-state index in [1.54, 1.807) is 0 Å². The third-order valence-electron chi connectivity index (χ3n) is 4.34. The molecule has 0 saturated carbocycles. The van der Waals surface area contributed by atoms with E-state index in [-0.39, 0.29) is 32.0 Å². The van der Waals surface area contributed by atoms with Crippen LogP contribution >= 0.6 is 0 Å². The molecule has 1 aromatic heterocycles. The van der Waals surface area contributed by atoms with Crippen LogP contribution in [0.1, 0.15) is 11.3 Å². The molecule has 1 heterocycles. The lowest BCUT2D eigenvalue weighted by Gasteiger charge is -2.11. The number of aliphatic carboxylic acids is 1. The van der Waals surface area contributed by atoms with Gasteiger partial charge in [0.1, 0.15) is 5.82 Å². The summed E-state index contributed by atoms with van der Waals surface area (Å²) < 4.78 is 64.7. The van der Waals surface area contributed by atoms with Crippen LogP contribution in [0.25, 0.3) is 10.9 Å². The molecule has 0 fully saturated rings. The summed E-state index contributed by atoms with van der Waals surface area (Å²) in [5.74, 6) is -1.82. The van der Waals surface area contributed by atoms with Gasteiger partial charge in [-0.3, -0.25) is 4.79 Å². The molecule has 0 aliphatic heterocycles. The second-order valence-electron chi connectivity index (χ2n) is 6.31. The van der Waals surface area contributed by atoms with Gasteiger partial charge < -0.3 is 5.11 Å². The number of benzene rings is 2. The number of carbonyl (C=O) groups is 1. The lowest BCUT2D eigenvalue weighted by molar-refractivity contribution is -0.136. The Hall–Kier alpha value is -2.72. The molecule has 0 unspecified atom stereocenters. The summed E-state index contributed by atoms with van der Waals surface area (Å²) >= 11 is 0. The van der Waals surface area contributed by atoms with E-state index in [1.807, 2.05) is 0 Å². The first kappa shape index (κ1) is 20.0. The van der Waals surface area contributed by atoms with Crippen molar-refractivity contribution in [1.82, 2.24) is 3.97 Å². The minimum atomic E-state index is -4.27. The van der Waals surface area contributed by atoms with E-state index in [0.717, 1.165) is 28.4 Å². The van der Waals surface area contributed by atoms with Gasteiger partial charge in [0.15, 0.2) is 9.84 Å². The van der Waals surface area contributed by atoms with Crippen LogP contribution in [0.5, 0.6) is 0 Å². The highest BCUT2D eigenvalue weighted by molar-refractivity contribution is 7.91. The van der Waals surface area contributed by atoms with Gasteiger partial charge in [-0.25, -0.2) is 25.2 Å². The molecule has 0 aliphatic rings. The average Bonchev–Trinajstić information content (AvgIpc) is 2.86. The van der Waals surface area contributed by atoms with Gasteiger partial charge in [0.2, 0.25) is 0 Å². The number of nitrogens with zero attached hydrogens (tertiary/aromatic N) is 1. The average molecular weight is 425 g/mol. The molecule has 1 N–H and O–H groups in total. The van der Waals surface area contributed by atoms with Crippen LogP contribution in [0, 0.1) is 12.7 Å². The largest absolute Gasteiger partial charge is 0.481 e. The van der Waals surface area contributed by atoms with Crippen molar-refractivity contribution in [3.8, 4) is 0 Å². The van der Waals surface area contributed by atoms with E-state index in [1.165, 1.54) is 31.2 Å². The van der Waals surface area contributed by atoms with Crippen molar-refractivity contribution < 1.29 is 31.1 Å². The van der Waals surface area contributed by atoms with Gasteiger partial charge in [-0.2, -0.15) is 0 Å². The molecule has 0 saturated heterocycles. The number of hydrogen-bond donors (Lipinski definition) is 1. The van der Waals surface area contributed by atoms with E-state index >= 15 is 0 Å². The van der Waals surface area contributed by atoms with Crippen molar-refractivity contribution >= 4 is 36.7 Å². The number of halogens is 1. The van der Waals surface area contributed by atoms with Gasteiger partial charge in [-0.15, -0.1) is 0 Å². The molecule has 2 aromatic carbocycles. The molecule has 3 aromatic rings. The van der Waals surface area contributed by atoms with E-state index in [9.17, 15) is 26.0 Å². The summed E-state index contributed by atoms with van der Waals surface area (Å²) in [6.45, 7) is 1.42. The van der Waals surface area contributed by atoms with E-state index in [2.05, 4.69) is 0 Å². The molecule has 7 nitrogen and oxygen atoms in total. The van der Waals surface area contributed by atoms with E-state index in [4.69, 9.17) is 5.11 Å². The number of carboxylic acids is 1. The van der Waals surface area contributed by atoms with Crippen LogP contribution < -0.4 is 0 Å². The van der Waals surface area contributed by atoms with Crippen molar-refractivity contribution in [3.63, 3.8) is 0 Å². The van der Waals surface area contributed by atoms with Gasteiger partial charge in [0.05, 0.1) is 21.7 Å². The Morgan fingerprint density at radius 3 is 2.32 bits per heavy atom. The van der Waals surface area contributed by atoms with Crippen LogP contribution in [-0.4, -0.2) is 38.1 Å². The fourth-order valence-corrected chi connectivity index (χ4v) is 5.45. The highest BCUT2D eigenvalue weighted by atomic mass is 32.2. The Balaban J connectivity index is 2.35. The highest BCUT2D eigenvalue weighted by Crippen LogP contribution is 2.31. The Morgan fingerprint density at radius 1 is 1.07 bits per heavy atom. The van der Waals surface area contributed by atoms with Crippen LogP contribution in [-0.2, 0) is 31.1 Å². The Bertz CT molecular complexity index is 1320. The molecule has 0 atom stereocenters. The minimum absolute atomic E-state index is 0.111. The number of carboxylic acid groups (broad SMARTS) is 1. The third kappa shape index (κ3) is 3.40. The van der Waals surface area contributed by atoms with Crippen LogP contribution in [0.2, 0.25) is 0 Å². The molecular formula is C18H16FNO6S2. The zero-order valence-electron chi connectivity index (χ0n) is 14.9. The fourth-order valence-electron chi connectivity index (χ4n) is 3.08. The zero-order chi connectivity index (χ0) is 20.9. The Morgan fingerprint density at radius 2 is 1.71 bits per heavy atom. The van der Waals surface area contributed by atoms with Crippen molar-refractivity contribution in [3.05, 3.63) is 59.5 Å². The van der Waals surface area contributed by atoms with Crippen LogP contribution in [0.3, 0.4) is 0 Å². The summed E-state index contributed by atoms with van der Waals surface area (Å²) in [6, 6.07) is 8.28. The van der Waals surface area contributed by atoms with Gasteiger partial charge in [0, 0.05) is 17.3 Å². The molecule has 0 aliphatic carbocycles. The quantitative estimate of drug-likeness (QED) is 0.672. The van der Waals surface area contributed by atoms with Crippen molar-refractivity contribution in [2.24, 2.45) is 0 Å². The molecule has 0 bridgehead atoms. The van der Waals surface area contributed by atoms with Gasteiger partial charge in [-0.1, -0.05) is 6.07 Å². The van der Waals surface area contributed by atoms with E-state index in [0.29, 0.717) is 0 Å². The van der Waals surface area contributed by atoms with Crippen molar-refractivity contribution in [2.75, 3.05) is 6.26 Å². The lowest BCUT2D eigenvalue weighted by atomic mass is 10.1. The normalized spacial score (nSPS) is 12.4. The third-order valence-corrected chi connectivity index (χ3v) is 7.25. The van der Waals surface area contributed by atoms with Crippen LogP contribution in [0.15, 0.2) is 52.3 Å². The first-order valence-corrected chi connectivity index (χ1v) is 11.3. The predicted octanol–water partition coefficient (Wildman–Crippen LogP) is 2.36. The Kier molecular flexibility index (Phi) is 4.80. The highest BCUT2D eigenvalue weighted by Gasteiger charge is 2.27. The van der Waals surface area contributed by atoms with Crippen molar-refractivity contribution in [2.45, 2.75) is 23.1 Å². The topological polar surface area (TPSA) is 111 Å². The molecule has 0 radical (unpaired) electrons. The maximum Gasteiger partial charge on any atom is 0.307 e. The number of aromatic nitrogens is 1. The molecule has 10 heteroatoms. The summed E-state index contributed by atoms with van der Waals surface area (Å²) in [5, 5.41) is 9.33. The first-order valence-electron chi connectivity index (χ1n) is 8.00. The number of sulfone groups is 1. The van der Waals surface area contributed by atoms with E-state index < -0.39 is 38.1 Å². The first-order chi connectivity index (χ1) is 12.9. The maximum absolute atomic E-state index is 13.7. The molecule has 3 rings (SSSR count). The SMILES string of the molecule is Cc1c(CC(=O)O)c2cc(F)ccc2n1S(=O)(=O)c1cccc(S(C)(=O)=O)c1. The fraction of sp³-hybridized carbons (Fsp3) is 0.167. The second kappa shape index (κ2) is 6.71. The molecular weight excluding hydrogens is 409 g/mol. The standard InChI is InChI=1S/C18H16FNO6S2/c1-11-15(10-18(21)22)16-8-12(19)6-7-17(16)20(11)28(25,26)14-5-3-4-13(9-14)27(2,23)24/h3-9H,10H2,1-2H3,(H,21,22). The monoisotopic (exact) mass is 425 g/mol. The summed E-state index contributed by atoms with van der Waals surface area (Å²) in [6.07, 6.45) is 0.473. The number of fused-ring (bicyclic) bond motifs is 1. The summed E-state index contributed by atoms with van der Waals surface area (Å²) in [4.78, 5) is 10.8. The van der Waals surface area contributed by atoms with Crippen molar-refractivity contribution in [1.29, 1.82) is 0 Å². The van der Waals surface area contributed by atoms with Gasteiger partial charge in [0.25, 0.3) is 10.0 Å². The Labute approximate surface area is 161 Å².